The average molecular weight is 364 g/mol. The summed E-state index contributed by atoms with van der Waals surface area (Å²) >= 11 is 0. The number of benzene rings is 1. The zero-order valence-corrected chi connectivity index (χ0v) is 15.6. The molecule has 7 nitrogen and oxygen atoms in total. The molecule has 7 heteroatoms. The molecule has 0 aliphatic carbocycles. The number of rotatable bonds is 9. The fraction of sp³-hybridized carbons (Fsp3) is 0.526. The Kier molecular flexibility index (Phi) is 8.78. The Labute approximate surface area is 154 Å². The predicted molar refractivity (Wildman–Crippen MR) is 97.3 cm³/mol. The maximum atomic E-state index is 11.8. The minimum absolute atomic E-state index is 0.210. The summed E-state index contributed by atoms with van der Waals surface area (Å²) in [5.74, 6) is -1.64. The molecule has 0 spiro atoms. The Morgan fingerprint density at radius 3 is 2.38 bits per heavy atom. The Morgan fingerprint density at radius 2 is 1.77 bits per heavy atom. The van der Waals surface area contributed by atoms with Gasteiger partial charge in [0.05, 0.1) is 6.04 Å². The summed E-state index contributed by atoms with van der Waals surface area (Å²) < 4.78 is 10.1. The number of ether oxygens (including phenoxy) is 2. The van der Waals surface area contributed by atoms with E-state index >= 15 is 0 Å². The van der Waals surface area contributed by atoms with Crippen LogP contribution in [0.5, 0.6) is 0 Å². The van der Waals surface area contributed by atoms with Crippen LogP contribution in [-0.2, 0) is 25.7 Å². The van der Waals surface area contributed by atoms with Crippen molar-refractivity contribution in [3.8, 4) is 0 Å². The van der Waals surface area contributed by atoms with Crippen molar-refractivity contribution in [2.24, 2.45) is 5.73 Å². The molecule has 1 atom stereocenters. The Bertz CT molecular complexity index is 596. The smallest absolute Gasteiger partial charge is 0.407 e. The fourth-order valence-corrected chi connectivity index (χ4v) is 2.06. The van der Waals surface area contributed by atoms with Crippen LogP contribution in [-0.4, -0.2) is 36.0 Å². The van der Waals surface area contributed by atoms with Crippen molar-refractivity contribution in [2.45, 2.75) is 58.3 Å². The summed E-state index contributed by atoms with van der Waals surface area (Å²) in [5.41, 5.74) is 5.91. The van der Waals surface area contributed by atoms with E-state index in [1.807, 2.05) is 30.3 Å². The van der Waals surface area contributed by atoms with Crippen molar-refractivity contribution < 1.29 is 23.9 Å². The number of esters is 1. The maximum absolute atomic E-state index is 11.8. The summed E-state index contributed by atoms with van der Waals surface area (Å²) in [6.45, 7) is 5.67. The van der Waals surface area contributed by atoms with Gasteiger partial charge in [0.2, 0.25) is 0 Å². The van der Waals surface area contributed by atoms with Crippen molar-refractivity contribution >= 4 is 17.8 Å². The van der Waals surface area contributed by atoms with Crippen molar-refractivity contribution in [3.63, 3.8) is 0 Å². The van der Waals surface area contributed by atoms with Gasteiger partial charge in [-0.1, -0.05) is 30.3 Å². The van der Waals surface area contributed by atoms with Crippen molar-refractivity contribution in [2.75, 3.05) is 6.54 Å². The first-order chi connectivity index (χ1) is 12.2. The third-order valence-electron chi connectivity index (χ3n) is 3.36. The summed E-state index contributed by atoms with van der Waals surface area (Å²) in [5, 5.41) is 2.63. The van der Waals surface area contributed by atoms with Crippen LogP contribution in [0.15, 0.2) is 30.3 Å². The molecule has 0 heterocycles. The number of hydrogen-bond acceptors (Lipinski definition) is 6. The molecule has 0 aliphatic rings. The molecular weight excluding hydrogens is 336 g/mol. The third kappa shape index (κ3) is 9.17. The quantitative estimate of drug-likeness (QED) is 0.395. The van der Waals surface area contributed by atoms with E-state index in [1.165, 1.54) is 0 Å². The highest BCUT2D eigenvalue weighted by atomic mass is 16.6. The molecule has 0 unspecified atom stereocenters. The van der Waals surface area contributed by atoms with E-state index in [2.05, 4.69) is 5.32 Å². The van der Waals surface area contributed by atoms with Gasteiger partial charge in [0.1, 0.15) is 12.2 Å². The van der Waals surface area contributed by atoms with Gasteiger partial charge in [0, 0.05) is 6.54 Å². The van der Waals surface area contributed by atoms with E-state index in [-0.39, 0.29) is 6.61 Å². The van der Waals surface area contributed by atoms with Gasteiger partial charge < -0.3 is 20.5 Å². The lowest BCUT2D eigenvalue weighted by Crippen LogP contribution is -2.40. The molecule has 1 amide bonds. The van der Waals surface area contributed by atoms with E-state index < -0.39 is 29.5 Å². The first-order valence-electron chi connectivity index (χ1n) is 8.66. The summed E-state index contributed by atoms with van der Waals surface area (Å²) in [4.78, 5) is 35.0. The number of Topliss-reactive ketones (excluding diaryl/α,β-unsaturated/α-hetero) is 1. The van der Waals surface area contributed by atoms with Gasteiger partial charge in [0.15, 0.2) is 0 Å². The lowest BCUT2D eigenvalue weighted by Gasteiger charge is -2.20. The molecule has 0 saturated heterocycles. The number of carbonyl (C=O) groups is 3. The number of unbranched alkanes of at least 4 members (excludes halogenated alkanes) is 1. The number of carbonyl (C=O) groups excluding carboxylic acids is 3. The fourth-order valence-electron chi connectivity index (χ4n) is 2.06. The van der Waals surface area contributed by atoms with Gasteiger partial charge in [-0.2, -0.15) is 0 Å². The molecule has 3 N–H and O–H groups in total. The number of nitrogens with two attached hydrogens (primary N) is 1. The molecule has 0 fully saturated rings. The highest BCUT2D eigenvalue weighted by Gasteiger charge is 2.27. The molecule has 0 bridgehead atoms. The van der Waals surface area contributed by atoms with Crippen LogP contribution in [0.3, 0.4) is 0 Å². The molecule has 0 radical (unpaired) electrons. The van der Waals surface area contributed by atoms with Crippen LogP contribution in [0, 0.1) is 0 Å². The summed E-state index contributed by atoms with van der Waals surface area (Å²) in [6.07, 6.45) is 1.06. The van der Waals surface area contributed by atoms with Crippen LogP contribution in [0.1, 0.15) is 45.6 Å². The zero-order chi connectivity index (χ0) is 19.6. The topological polar surface area (TPSA) is 108 Å². The Balaban J connectivity index is 2.14. The second-order valence-electron chi connectivity index (χ2n) is 6.96. The molecule has 0 saturated carbocycles. The van der Waals surface area contributed by atoms with Crippen LogP contribution >= 0.6 is 0 Å². The lowest BCUT2D eigenvalue weighted by molar-refractivity contribution is -0.163. The molecule has 0 aromatic heterocycles. The predicted octanol–water partition coefficient (Wildman–Crippen LogP) is 2.32. The monoisotopic (exact) mass is 364 g/mol. The zero-order valence-electron chi connectivity index (χ0n) is 15.6. The van der Waals surface area contributed by atoms with Gasteiger partial charge in [-0.3, -0.25) is 4.79 Å². The minimum atomic E-state index is -0.910. The highest BCUT2D eigenvalue weighted by Crippen LogP contribution is 2.09. The second-order valence-corrected chi connectivity index (χ2v) is 6.96. The number of amides is 1. The SMILES string of the molecule is CC(C)(C)OC(=O)C(=O)[C@@H](N)CCCCNC(=O)OCc1ccccc1. The Morgan fingerprint density at radius 1 is 1.12 bits per heavy atom. The minimum Gasteiger partial charge on any atom is -0.454 e. The second kappa shape index (κ2) is 10.6. The number of hydrogen-bond donors (Lipinski definition) is 2. The van der Waals surface area contributed by atoms with E-state index in [9.17, 15) is 14.4 Å². The van der Waals surface area contributed by atoms with Crippen molar-refractivity contribution in [3.05, 3.63) is 35.9 Å². The third-order valence-corrected chi connectivity index (χ3v) is 3.36. The molecular formula is C19H28N2O5. The van der Waals surface area contributed by atoms with Crippen molar-refractivity contribution in [1.82, 2.24) is 5.32 Å². The number of ketones is 1. The molecule has 1 aromatic rings. The van der Waals surface area contributed by atoms with Crippen LogP contribution in [0.2, 0.25) is 0 Å². The van der Waals surface area contributed by atoms with Gasteiger partial charge in [-0.15, -0.1) is 0 Å². The first-order valence-corrected chi connectivity index (χ1v) is 8.66. The highest BCUT2D eigenvalue weighted by molar-refractivity contribution is 6.35. The largest absolute Gasteiger partial charge is 0.454 e. The summed E-state index contributed by atoms with van der Waals surface area (Å²) in [7, 11) is 0. The first kappa shape index (κ1) is 21.6. The summed E-state index contributed by atoms with van der Waals surface area (Å²) in [6, 6.07) is 8.49. The molecule has 26 heavy (non-hydrogen) atoms. The lowest BCUT2D eigenvalue weighted by atomic mass is 10.1. The number of nitrogens with one attached hydrogen (secondary N) is 1. The molecule has 1 rings (SSSR count). The van der Waals surface area contributed by atoms with Gasteiger partial charge in [0.25, 0.3) is 5.78 Å². The molecule has 0 aliphatic heterocycles. The van der Waals surface area contributed by atoms with E-state index in [0.717, 1.165) is 5.56 Å². The number of alkyl carbamates (subject to hydrolysis) is 1. The van der Waals surface area contributed by atoms with E-state index in [1.54, 1.807) is 20.8 Å². The van der Waals surface area contributed by atoms with Gasteiger partial charge in [-0.05, 0) is 45.6 Å². The van der Waals surface area contributed by atoms with Crippen molar-refractivity contribution in [1.29, 1.82) is 0 Å². The van der Waals surface area contributed by atoms with E-state index in [0.29, 0.717) is 25.8 Å². The van der Waals surface area contributed by atoms with Gasteiger partial charge >= 0.3 is 12.1 Å². The van der Waals surface area contributed by atoms with Crippen LogP contribution in [0.4, 0.5) is 4.79 Å². The van der Waals surface area contributed by atoms with E-state index in [4.69, 9.17) is 15.2 Å². The standard InChI is InChI=1S/C19H28N2O5/c1-19(2,3)26-17(23)16(22)15(20)11-7-8-12-21-18(24)25-13-14-9-5-4-6-10-14/h4-6,9-10,15H,7-8,11-13,20H2,1-3H3,(H,21,24)/t15-/m0/s1. The normalized spacial score (nSPS) is 12.2. The molecule has 144 valence electrons. The molecule has 1 aromatic carbocycles. The van der Waals surface area contributed by atoms with Crippen LogP contribution < -0.4 is 11.1 Å². The van der Waals surface area contributed by atoms with Crippen LogP contribution in [0.25, 0.3) is 0 Å². The average Bonchev–Trinajstić information content (AvgIpc) is 2.58. The van der Waals surface area contributed by atoms with Gasteiger partial charge in [-0.25, -0.2) is 9.59 Å². The Hall–Kier alpha value is -2.41. The maximum Gasteiger partial charge on any atom is 0.407 e.